The maximum absolute atomic E-state index is 12.6. The van der Waals surface area contributed by atoms with Gasteiger partial charge in [-0.25, -0.2) is 4.79 Å². The second kappa shape index (κ2) is 9.48. The molecule has 6 nitrogen and oxygen atoms in total. The Labute approximate surface area is 180 Å². The highest BCUT2D eigenvalue weighted by molar-refractivity contribution is 6.39. The Balaban J connectivity index is 1.55. The van der Waals surface area contributed by atoms with E-state index in [4.69, 9.17) is 28.9 Å². The van der Waals surface area contributed by atoms with Crippen LogP contribution in [0.25, 0.3) is 0 Å². The molecule has 0 radical (unpaired) electrons. The number of likely N-dealkylation sites (tertiary alicyclic amines) is 1. The molecule has 0 aliphatic carbocycles. The molecule has 8 heteroatoms. The second-order valence-electron chi connectivity index (χ2n) is 7.19. The number of benzene rings is 2. The highest BCUT2D eigenvalue weighted by Gasteiger charge is 2.24. The minimum Gasteiger partial charge on any atom is -0.325 e. The van der Waals surface area contributed by atoms with E-state index in [1.807, 2.05) is 24.3 Å². The first kappa shape index (κ1) is 21.4. The fourth-order valence-electron chi connectivity index (χ4n) is 3.31. The Hall–Kier alpha value is -2.28. The van der Waals surface area contributed by atoms with Crippen LogP contribution in [0.15, 0.2) is 42.5 Å². The number of urea groups is 1. The lowest BCUT2D eigenvalue weighted by molar-refractivity contribution is -0.117. The summed E-state index contributed by atoms with van der Waals surface area (Å²) in [5.41, 5.74) is 7.93. The monoisotopic (exact) mass is 434 g/mol. The van der Waals surface area contributed by atoms with Gasteiger partial charge in [0.05, 0.1) is 21.8 Å². The van der Waals surface area contributed by atoms with E-state index in [2.05, 4.69) is 10.6 Å². The lowest BCUT2D eigenvalue weighted by atomic mass is 9.89. The zero-order chi connectivity index (χ0) is 21.0. The Morgan fingerprint density at radius 3 is 2.17 bits per heavy atom. The predicted octanol–water partition coefficient (Wildman–Crippen LogP) is 4.69. The van der Waals surface area contributed by atoms with Gasteiger partial charge in [-0.3, -0.25) is 4.79 Å². The number of carbonyl (C=O) groups is 2. The fraction of sp³-hybridized carbons (Fsp3) is 0.333. The molecule has 2 aromatic carbocycles. The first-order valence-electron chi connectivity index (χ1n) is 9.51. The number of para-hydroxylation sites is 1. The number of piperidine rings is 1. The maximum atomic E-state index is 12.6. The number of nitrogens with two attached hydrogens (primary N) is 1. The van der Waals surface area contributed by atoms with Gasteiger partial charge in [0.1, 0.15) is 0 Å². The Kier molecular flexibility index (Phi) is 7.00. The average Bonchev–Trinajstić information content (AvgIpc) is 2.71. The summed E-state index contributed by atoms with van der Waals surface area (Å²) in [6, 6.07) is 12.2. The van der Waals surface area contributed by atoms with Crippen LogP contribution in [0.1, 0.15) is 31.2 Å². The summed E-state index contributed by atoms with van der Waals surface area (Å²) in [7, 11) is 0. The zero-order valence-electron chi connectivity index (χ0n) is 16.1. The quantitative estimate of drug-likeness (QED) is 0.651. The molecular formula is C21H24Cl2N4O2. The molecule has 1 fully saturated rings. The van der Waals surface area contributed by atoms with Crippen molar-refractivity contribution in [3.8, 4) is 0 Å². The average molecular weight is 435 g/mol. The van der Waals surface area contributed by atoms with Crippen LogP contribution < -0.4 is 16.4 Å². The lowest BCUT2D eigenvalue weighted by Crippen LogP contribution is -2.40. The molecule has 1 heterocycles. The van der Waals surface area contributed by atoms with Crippen LogP contribution in [-0.2, 0) is 4.79 Å². The van der Waals surface area contributed by atoms with Gasteiger partial charge in [0, 0.05) is 18.8 Å². The summed E-state index contributed by atoms with van der Waals surface area (Å²) in [6.07, 6.45) is 1.71. The van der Waals surface area contributed by atoms with Crippen molar-refractivity contribution >= 4 is 46.5 Å². The standard InChI is InChI=1S/C21H24Cl2N4O2/c1-13(24)20(28)25-16-7-5-14(6-8-16)15-9-11-27(12-10-15)21(29)26-19-17(22)3-2-4-18(19)23/h2-8,13,15H,9-12,24H2,1H3,(H,25,28)(H,26,29). The Morgan fingerprint density at radius 2 is 1.62 bits per heavy atom. The number of halogens is 2. The number of rotatable bonds is 4. The van der Waals surface area contributed by atoms with Crippen molar-refractivity contribution in [2.75, 3.05) is 23.7 Å². The van der Waals surface area contributed by atoms with Crippen LogP contribution in [0.3, 0.4) is 0 Å². The van der Waals surface area contributed by atoms with E-state index >= 15 is 0 Å². The molecule has 3 amide bonds. The highest BCUT2D eigenvalue weighted by Crippen LogP contribution is 2.32. The van der Waals surface area contributed by atoms with E-state index in [1.54, 1.807) is 30.0 Å². The molecular weight excluding hydrogens is 411 g/mol. The largest absolute Gasteiger partial charge is 0.325 e. The van der Waals surface area contributed by atoms with Crippen LogP contribution in [0.4, 0.5) is 16.2 Å². The van der Waals surface area contributed by atoms with Gasteiger partial charge in [-0.2, -0.15) is 0 Å². The topological polar surface area (TPSA) is 87.5 Å². The van der Waals surface area contributed by atoms with Crippen molar-refractivity contribution in [2.45, 2.75) is 31.7 Å². The molecule has 154 valence electrons. The number of anilines is 2. The van der Waals surface area contributed by atoms with Crippen LogP contribution in [-0.4, -0.2) is 36.0 Å². The molecule has 3 rings (SSSR count). The first-order chi connectivity index (χ1) is 13.8. The summed E-state index contributed by atoms with van der Waals surface area (Å²) in [5, 5.41) is 6.42. The molecule has 4 N–H and O–H groups in total. The lowest BCUT2D eigenvalue weighted by Gasteiger charge is -2.32. The first-order valence-corrected chi connectivity index (χ1v) is 10.3. The summed E-state index contributed by atoms with van der Waals surface area (Å²) < 4.78 is 0. The zero-order valence-corrected chi connectivity index (χ0v) is 17.6. The molecule has 0 saturated carbocycles. The number of carbonyl (C=O) groups excluding carboxylic acids is 2. The van der Waals surface area contributed by atoms with Gasteiger partial charge >= 0.3 is 6.03 Å². The molecule has 0 spiro atoms. The third kappa shape index (κ3) is 5.41. The SMILES string of the molecule is CC(N)C(=O)Nc1ccc(C2CCN(C(=O)Nc3c(Cl)cccc3Cl)CC2)cc1. The number of hydrogen-bond acceptors (Lipinski definition) is 3. The molecule has 1 aliphatic heterocycles. The Bertz CT molecular complexity index is 858. The number of amides is 3. The third-order valence-electron chi connectivity index (χ3n) is 5.04. The molecule has 29 heavy (non-hydrogen) atoms. The van der Waals surface area contributed by atoms with Gasteiger partial charge in [0.25, 0.3) is 0 Å². The third-order valence-corrected chi connectivity index (χ3v) is 5.67. The smallest absolute Gasteiger partial charge is 0.321 e. The molecule has 1 unspecified atom stereocenters. The summed E-state index contributed by atoms with van der Waals surface area (Å²) in [4.78, 5) is 26.0. The van der Waals surface area contributed by atoms with Gasteiger partial charge < -0.3 is 21.3 Å². The van der Waals surface area contributed by atoms with Crippen molar-refractivity contribution in [1.82, 2.24) is 4.90 Å². The van der Waals surface area contributed by atoms with Crippen LogP contribution in [0, 0.1) is 0 Å². The van der Waals surface area contributed by atoms with Gasteiger partial charge in [0.2, 0.25) is 5.91 Å². The molecule has 1 atom stereocenters. The van der Waals surface area contributed by atoms with Crippen molar-refractivity contribution in [1.29, 1.82) is 0 Å². The maximum Gasteiger partial charge on any atom is 0.321 e. The van der Waals surface area contributed by atoms with Gasteiger partial charge in [0.15, 0.2) is 0 Å². The second-order valence-corrected chi connectivity index (χ2v) is 8.00. The van der Waals surface area contributed by atoms with Gasteiger partial charge in [-0.05, 0) is 55.5 Å². The van der Waals surface area contributed by atoms with Crippen LogP contribution in [0.5, 0.6) is 0 Å². The number of nitrogens with one attached hydrogen (secondary N) is 2. The fourth-order valence-corrected chi connectivity index (χ4v) is 3.81. The van der Waals surface area contributed by atoms with Crippen molar-refractivity contribution in [3.63, 3.8) is 0 Å². The van der Waals surface area contributed by atoms with E-state index in [0.29, 0.717) is 34.7 Å². The van der Waals surface area contributed by atoms with Crippen molar-refractivity contribution in [3.05, 3.63) is 58.1 Å². The molecule has 0 bridgehead atoms. The molecule has 1 saturated heterocycles. The Morgan fingerprint density at radius 1 is 1.03 bits per heavy atom. The predicted molar refractivity (Wildman–Crippen MR) is 118 cm³/mol. The molecule has 1 aliphatic rings. The summed E-state index contributed by atoms with van der Waals surface area (Å²) >= 11 is 12.3. The van der Waals surface area contributed by atoms with E-state index in [9.17, 15) is 9.59 Å². The summed E-state index contributed by atoms with van der Waals surface area (Å²) in [5.74, 6) is 0.150. The summed E-state index contributed by atoms with van der Waals surface area (Å²) in [6.45, 7) is 2.93. The van der Waals surface area contributed by atoms with Gasteiger partial charge in [-0.15, -0.1) is 0 Å². The van der Waals surface area contributed by atoms with Crippen molar-refractivity contribution < 1.29 is 9.59 Å². The normalized spacial score (nSPS) is 15.7. The minimum absolute atomic E-state index is 0.201. The number of hydrogen-bond donors (Lipinski definition) is 3. The minimum atomic E-state index is -0.550. The van der Waals surface area contributed by atoms with Crippen LogP contribution >= 0.6 is 23.2 Å². The molecule has 2 aromatic rings. The van der Waals surface area contributed by atoms with E-state index in [1.165, 1.54) is 5.56 Å². The van der Waals surface area contributed by atoms with E-state index < -0.39 is 6.04 Å². The highest BCUT2D eigenvalue weighted by atomic mass is 35.5. The van der Waals surface area contributed by atoms with Gasteiger partial charge in [-0.1, -0.05) is 41.4 Å². The van der Waals surface area contributed by atoms with Crippen molar-refractivity contribution in [2.24, 2.45) is 5.73 Å². The van der Waals surface area contributed by atoms with E-state index in [0.717, 1.165) is 18.5 Å². The van der Waals surface area contributed by atoms with Crippen LogP contribution in [0.2, 0.25) is 10.0 Å². The molecule has 0 aromatic heterocycles. The van der Waals surface area contributed by atoms with E-state index in [-0.39, 0.29) is 11.9 Å². The number of nitrogens with zero attached hydrogens (tertiary/aromatic N) is 1.